The van der Waals surface area contributed by atoms with Gasteiger partial charge in [0.1, 0.15) is 22.3 Å². The molecule has 0 saturated heterocycles. The monoisotopic (exact) mass is 806 g/mol. The molecule has 0 radical (unpaired) electrons. The maximum atomic E-state index is 12.8. The van der Waals surface area contributed by atoms with E-state index in [9.17, 15) is 14.8 Å². The van der Waals surface area contributed by atoms with Gasteiger partial charge in [-0.1, -0.05) is 47.9 Å². The normalized spacial score (nSPS) is 13.2. The molecule has 0 aliphatic carbocycles. The van der Waals surface area contributed by atoms with E-state index in [2.05, 4.69) is 58.1 Å². The number of para-hydroxylation sites is 1. The van der Waals surface area contributed by atoms with Gasteiger partial charge in [-0.05, 0) is 51.2 Å². The van der Waals surface area contributed by atoms with E-state index in [1.54, 1.807) is 25.3 Å². The van der Waals surface area contributed by atoms with Crippen LogP contribution in [0.1, 0.15) is 78.8 Å². The summed E-state index contributed by atoms with van der Waals surface area (Å²) in [6.45, 7) is 5.44. The van der Waals surface area contributed by atoms with Crippen LogP contribution in [0.15, 0.2) is 41.1 Å². The number of carbonyl (C=O) groups is 2. The fourth-order valence-electron chi connectivity index (χ4n) is 4.81. The van der Waals surface area contributed by atoms with Gasteiger partial charge in [0.25, 0.3) is 5.91 Å². The number of carbonyl (C=O) groups excluding carboxylic acids is 2. The van der Waals surface area contributed by atoms with Crippen molar-refractivity contribution in [1.29, 1.82) is 0 Å². The Morgan fingerprint density at radius 3 is 2.60 bits per heavy atom. The molecule has 2 atom stereocenters. The van der Waals surface area contributed by atoms with E-state index in [0.29, 0.717) is 88.0 Å². The number of anilines is 4. The second kappa shape index (κ2) is 21.2. The summed E-state index contributed by atoms with van der Waals surface area (Å²) in [5.41, 5.74) is 1.45. The van der Waals surface area contributed by atoms with Gasteiger partial charge in [-0.25, -0.2) is 15.0 Å². The number of quaternary nitrogens is 1. The second-order valence-electron chi connectivity index (χ2n) is 11.9. The van der Waals surface area contributed by atoms with Crippen LogP contribution in [0.2, 0.25) is 5.02 Å². The predicted octanol–water partition coefficient (Wildman–Crippen LogP) is 8.66. The number of hydrogen-bond acceptors (Lipinski definition) is 9. The molecule has 4 N–H and O–H groups in total. The number of aromatic nitrogens is 3. The van der Waals surface area contributed by atoms with Gasteiger partial charge >= 0.3 is 0 Å². The van der Waals surface area contributed by atoms with Crippen molar-refractivity contribution >= 4 is 84.7 Å². The second-order valence-corrected chi connectivity index (χ2v) is 14.8. The Balaban J connectivity index is 1.29. The van der Waals surface area contributed by atoms with E-state index in [0.717, 1.165) is 37.8 Å². The van der Waals surface area contributed by atoms with Crippen molar-refractivity contribution in [3.8, 4) is 12.3 Å². The van der Waals surface area contributed by atoms with Crippen molar-refractivity contribution < 1.29 is 14.2 Å². The predicted molar refractivity (Wildman–Crippen MR) is 209 cm³/mol. The Labute approximate surface area is 317 Å². The number of terminal acetylenes is 1. The first-order chi connectivity index (χ1) is 23.9. The average Bonchev–Trinajstić information content (AvgIpc) is 3.52. The molecule has 2 unspecified atom stereocenters. The van der Waals surface area contributed by atoms with Crippen LogP contribution in [0.5, 0.6) is 0 Å². The molecule has 1 aromatic carbocycles. The van der Waals surface area contributed by atoms with Gasteiger partial charge in [0, 0.05) is 60.4 Å². The minimum atomic E-state index is -0.564. The van der Waals surface area contributed by atoms with Gasteiger partial charge in [0.15, 0.2) is 9.74 Å². The zero-order valence-electron chi connectivity index (χ0n) is 28.7. The van der Waals surface area contributed by atoms with Crippen LogP contribution in [0.25, 0.3) is 0 Å². The highest BCUT2D eigenvalue weighted by Crippen LogP contribution is 2.28. The number of benzene rings is 1. The van der Waals surface area contributed by atoms with Gasteiger partial charge in [-0.3, -0.25) is 9.59 Å². The smallest absolute Gasteiger partial charge is 0.267 e. The van der Waals surface area contributed by atoms with E-state index < -0.39 is 4.65 Å². The highest BCUT2D eigenvalue weighted by atomic mass is 79.9. The number of halogens is 3. The lowest BCUT2D eigenvalue weighted by atomic mass is 10.1. The number of allylic oxidation sites excluding steroid dienone is 1. The van der Waals surface area contributed by atoms with Crippen molar-refractivity contribution in [1.82, 2.24) is 20.3 Å². The van der Waals surface area contributed by atoms with Crippen molar-refractivity contribution in [3.63, 3.8) is 0 Å². The summed E-state index contributed by atoms with van der Waals surface area (Å²) in [5.74, 6) is 4.12. The van der Waals surface area contributed by atoms with Gasteiger partial charge in [-0.2, -0.15) is 0 Å². The Morgan fingerprint density at radius 1 is 1.12 bits per heavy atom. The van der Waals surface area contributed by atoms with E-state index >= 15 is 0 Å². The fourth-order valence-corrected chi connectivity index (χ4v) is 6.72. The summed E-state index contributed by atoms with van der Waals surface area (Å²) in [7, 11) is 1.56. The maximum absolute atomic E-state index is 12.8. The first kappa shape index (κ1) is 41.2. The number of rotatable bonds is 21. The lowest BCUT2D eigenvalue weighted by Gasteiger charge is -2.37. The lowest BCUT2D eigenvalue weighted by molar-refractivity contribution is -0.812. The SMILES string of the molecule is C#CCCC[N+](C)([O-])/C(Br)=C/C(Cl)CCCC(=O)NCCCCCCNc1cc(Nc2ncc(C(=O)Nc3c(C)cccc3Cl)s2)nc(C)n1. The topological polar surface area (TPSA) is 144 Å². The van der Waals surface area contributed by atoms with Crippen LogP contribution in [0.3, 0.4) is 0 Å². The molecule has 0 aliphatic heterocycles. The van der Waals surface area contributed by atoms with E-state index in [1.165, 1.54) is 17.5 Å². The highest BCUT2D eigenvalue weighted by Gasteiger charge is 2.17. The van der Waals surface area contributed by atoms with E-state index in [-0.39, 0.29) is 17.2 Å². The van der Waals surface area contributed by atoms with E-state index in [4.69, 9.17) is 29.6 Å². The van der Waals surface area contributed by atoms with Crippen LogP contribution in [-0.4, -0.2) is 63.5 Å². The third-order valence-corrected chi connectivity index (χ3v) is 10.1. The molecule has 50 heavy (non-hydrogen) atoms. The van der Waals surface area contributed by atoms with Crippen LogP contribution >= 0.6 is 50.5 Å². The first-order valence-electron chi connectivity index (χ1n) is 16.6. The molecular formula is C35H45BrCl2N8O3S. The average molecular weight is 809 g/mol. The summed E-state index contributed by atoms with van der Waals surface area (Å²) in [5, 5.41) is 25.7. The Kier molecular flexibility index (Phi) is 17.5. The van der Waals surface area contributed by atoms with Crippen LogP contribution in [-0.2, 0) is 4.79 Å². The molecule has 2 heterocycles. The molecule has 0 aliphatic rings. The quantitative estimate of drug-likeness (QED) is 0.0209. The minimum absolute atomic E-state index is 0.00488. The number of thiazole rings is 1. The molecule has 0 saturated carbocycles. The summed E-state index contributed by atoms with van der Waals surface area (Å²) in [6.07, 6.45) is 15.1. The van der Waals surface area contributed by atoms with Crippen LogP contribution < -0.4 is 21.3 Å². The number of alkyl halides is 1. The fraction of sp³-hybridized carbons (Fsp3) is 0.457. The Morgan fingerprint density at radius 2 is 1.86 bits per heavy atom. The number of hydrogen-bond donors (Lipinski definition) is 4. The van der Waals surface area contributed by atoms with Gasteiger partial charge in [-0.15, -0.1) is 23.9 Å². The molecule has 0 spiro atoms. The molecule has 0 bridgehead atoms. The molecular weight excluding hydrogens is 763 g/mol. The molecule has 270 valence electrons. The molecule has 2 amide bonds. The third-order valence-electron chi connectivity index (χ3n) is 7.55. The molecule has 3 aromatic rings. The van der Waals surface area contributed by atoms with Gasteiger partial charge in [0.2, 0.25) is 5.91 Å². The van der Waals surface area contributed by atoms with Crippen LogP contribution in [0, 0.1) is 31.4 Å². The first-order valence-corrected chi connectivity index (χ1v) is 19.0. The van der Waals surface area contributed by atoms with Crippen molar-refractivity contribution in [2.24, 2.45) is 0 Å². The molecule has 0 fully saturated rings. The molecule has 3 rings (SSSR count). The Bertz CT molecular complexity index is 1630. The summed E-state index contributed by atoms with van der Waals surface area (Å²) >= 11 is 17.2. The van der Waals surface area contributed by atoms with E-state index in [1.807, 2.05) is 26.0 Å². The zero-order chi connectivity index (χ0) is 36.5. The lowest BCUT2D eigenvalue weighted by Crippen LogP contribution is -2.35. The van der Waals surface area contributed by atoms with Gasteiger partial charge < -0.3 is 31.1 Å². The molecule has 2 aromatic heterocycles. The van der Waals surface area contributed by atoms with Gasteiger partial charge in [0.05, 0.1) is 35.9 Å². The largest absolute Gasteiger partial charge is 0.627 e. The number of nitrogens with zero attached hydrogens (tertiary/aromatic N) is 4. The highest BCUT2D eigenvalue weighted by molar-refractivity contribution is 9.11. The number of aryl methyl sites for hydroxylation is 2. The standard InChI is InChI=1S/C35H45BrCl2N8O3S/c1-5-6-11-20-46(4,49)29(36)21-26(37)15-13-17-32(47)40-19-10-8-7-9-18-39-30-22-31(43-25(3)42-30)44-35-41-23-28(50-35)34(48)45-33-24(2)14-12-16-27(33)38/h1,12,14,16,21-23,26H,6-11,13,15,17-20H2,2-4H3,(H,40,47)(H,45,48)(H2,39,41,42,43,44)/b29-21+. The summed E-state index contributed by atoms with van der Waals surface area (Å²) < 4.78 is -0.0934. The molecule has 11 nitrogen and oxygen atoms in total. The molecule has 15 heteroatoms. The van der Waals surface area contributed by atoms with Crippen molar-refractivity contribution in [2.45, 2.75) is 77.0 Å². The minimum Gasteiger partial charge on any atom is -0.627 e. The maximum Gasteiger partial charge on any atom is 0.267 e. The number of hydroxylamine groups is 3. The van der Waals surface area contributed by atoms with Crippen molar-refractivity contribution in [2.75, 3.05) is 42.6 Å². The zero-order valence-corrected chi connectivity index (χ0v) is 32.6. The number of amides is 2. The third kappa shape index (κ3) is 14.5. The van der Waals surface area contributed by atoms with Crippen LogP contribution in [0.4, 0.5) is 22.5 Å². The summed E-state index contributed by atoms with van der Waals surface area (Å²) in [4.78, 5) is 38.7. The number of unbranched alkanes of at least 4 members (excludes halogenated alkanes) is 4. The Hall–Kier alpha value is -3.25. The number of nitrogens with one attached hydrogen (secondary N) is 4. The van der Waals surface area contributed by atoms with Crippen molar-refractivity contribution in [3.05, 3.63) is 67.6 Å². The summed E-state index contributed by atoms with van der Waals surface area (Å²) in [6, 6.07) is 7.25.